The van der Waals surface area contributed by atoms with Crippen LogP contribution in [0.3, 0.4) is 0 Å². The average Bonchev–Trinajstić information content (AvgIpc) is 3.38. The zero-order chi connectivity index (χ0) is 23.9. The van der Waals surface area contributed by atoms with Gasteiger partial charge in [0.05, 0.1) is 16.8 Å². The van der Waals surface area contributed by atoms with Gasteiger partial charge in [0.25, 0.3) is 5.91 Å². The monoisotopic (exact) mass is 496 g/mol. The first-order valence-electron chi connectivity index (χ1n) is 11.6. The lowest BCUT2D eigenvalue weighted by Gasteiger charge is -2.27. The third kappa shape index (κ3) is 3.81. The van der Waals surface area contributed by atoms with Crippen LogP contribution in [0.2, 0.25) is 10.0 Å². The fourth-order valence-corrected chi connectivity index (χ4v) is 5.66. The van der Waals surface area contributed by atoms with E-state index >= 15 is 0 Å². The third-order valence-corrected chi connectivity index (χ3v) is 7.31. The molecule has 5 heteroatoms. The molecule has 0 spiro atoms. The minimum Gasteiger partial charge on any atom is -0.354 e. The maximum Gasteiger partial charge on any atom is 0.255 e. The molecule has 3 nitrogen and oxygen atoms in total. The lowest BCUT2D eigenvalue weighted by atomic mass is 9.93. The molecule has 6 rings (SSSR count). The molecule has 1 atom stereocenters. The normalized spacial score (nSPS) is 15.1. The van der Waals surface area contributed by atoms with Crippen LogP contribution in [0.15, 0.2) is 97.1 Å². The highest BCUT2D eigenvalue weighted by Crippen LogP contribution is 2.46. The summed E-state index contributed by atoms with van der Waals surface area (Å²) in [5, 5.41) is 2.23. The van der Waals surface area contributed by atoms with Crippen molar-refractivity contribution in [2.24, 2.45) is 0 Å². The molecule has 1 amide bonds. The average molecular weight is 497 g/mol. The van der Waals surface area contributed by atoms with Gasteiger partial charge in [0, 0.05) is 39.2 Å². The summed E-state index contributed by atoms with van der Waals surface area (Å²) in [5.41, 5.74) is 6.80. The second kappa shape index (κ2) is 8.92. The van der Waals surface area contributed by atoms with E-state index in [-0.39, 0.29) is 11.9 Å². The largest absolute Gasteiger partial charge is 0.354 e. The van der Waals surface area contributed by atoms with Crippen LogP contribution >= 0.6 is 23.2 Å². The highest BCUT2D eigenvalue weighted by Gasteiger charge is 2.40. The lowest BCUT2D eigenvalue weighted by Crippen LogP contribution is -2.31. The molecule has 1 aromatic heterocycles. The van der Waals surface area contributed by atoms with Crippen molar-refractivity contribution in [2.75, 3.05) is 6.54 Å². The zero-order valence-corrected chi connectivity index (χ0v) is 20.4. The number of benzene rings is 4. The van der Waals surface area contributed by atoms with Crippen molar-refractivity contribution < 1.29 is 4.79 Å². The molecule has 1 unspecified atom stereocenters. The summed E-state index contributed by atoms with van der Waals surface area (Å²) < 4.78 is 0. The van der Waals surface area contributed by atoms with Crippen LogP contribution < -0.4 is 0 Å². The summed E-state index contributed by atoms with van der Waals surface area (Å²) in [6, 6.07) is 31.7. The van der Waals surface area contributed by atoms with Crippen molar-refractivity contribution >= 4 is 40.0 Å². The Morgan fingerprint density at radius 1 is 0.800 bits per heavy atom. The molecule has 172 valence electrons. The van der Waals surface area contributed by atoms with Crippen molar-refractivity contribution in [1.82, 2.24) is 9.88 Å². The fourth-order valence-electron chi connectivity index (χ4n) is 5.16. The predicted molar refractivity (Wildman–Crippen MR) is 143 cm³/mol. The van der Waals surface area contributed by atoms with Gasteiger partial charge in [-0.2, -0.15) is 0 Å². The summed E-state index contributed by atoms with van der Waals surface area (Å²) in [6.07, 6.45) is 0.774. The molecule has 0 radical (unpaired) electrons. The number of hydrogen-bond donors (Lipinski definition) is 1. The highest BCUT2D eigenvalue weighted by atomic mass is 35.5. The van der Waals surface area contributed by atoms with Gasteiger partial charge in [0.2, 0.25) is 0 Å². The number of hydrogen-bond acceptors (Lipinski definition) is 1. The lowest BCUT2D eigenvalue weighted by molar-refractivity contribution is 0.0753. The quantitative estimate of drug-likeness (QED) is 0.263. The van der Waals surface area contributed by atoms with Crippen molar-refractivity contribution in [3.05, 3.63) is 129 Å². The van der Waals surface area contributed by atoms with Crippen molar-refractivity contribution in [3.63, 3.8) is 0 Å². The number of aromatic nitrogens is 1. The van der Waals surface area contributed by atoms with Crippen LogP contribution in [0.25, 0.3) is 22.2 Å². The molecule has 5 aromatic rings. The maximum atomic E-state index is 13.7. The minimum absolute atomic E-state index is 0.0555. The SMILES string of the molecule is O=C1c2ccccc2C(c2c(-c3ccc(Cl)cc3Cl)[nH]c3ccccc23)N1CCc1ccccc1. The minimum atomic E-state index is -0.236. The smallest absolute Gasteiger partial charge is 0.255 e. The van der Waals surface area contributed by atoms with Gasteiger partial charge < -0.3 is 9.88 Å². The number of carbonyl (C=O) groups is 1. The standard InChI is InChI=1S/C30H22Cl2N2O/c31-20-14-15-23(25(32)18-20)28-27(24-12-6-7-13-26(24)33-28)29-21-10-4-5-11-22(21)30(35)34(29)17-16-19-8-2-1-3-9-19/h1-15,18,29,33H,16-17H2. The first kappa shape index (κ1) is 22.0. The summed E-state index contributed by atoms with van der Waals surface area (Å²) >= 11 is 12.9. The number of H-pyrrole nitrogens is 1. The molecule has 4 aromatic carbocycles. The number of aromatic amines is 1. The summed E-state index contributed by atoms with van der Waals surface area (Å²) in [5.74, 6) is 0.0555. The first-order valence-corrected chi connectivity index (χ1v) is 12.4. The molecule has 0 aliphatic carbocycles. The van der Waals surface area contributed by atoms with Gasteiger partial charge in [-0.25, -0.2) is 0 Å². The molecule has 0 fully saturated rings. The van der Waals surface area contributed by atoms with E-state index in [2.05, 4.69) is 35.3 Å². The Labute approximate surface area is 213 Å². The van der Waals surface area contributed by atoms with Crippen LogP contribution in [-0.4, -0.2) is 22.3 Å². The van der Waals surface area contributed by atoms with Crippen LogP contribution in [0.5, 0.6) is 0 Å². The van der Waals surface area contributed by atoms with Crippen LogP contribution in [0.4, 0.5) is 0 Å². The van der Waals surface area contributed by atoms with E-state index < -0.39 is 0 Å². The first-order chi connectivity index (χ1) is 17.1. The van der Waals surface area contributed by atoms with E-state index in [1.807, 2.05) is 65.6 Å². The number of amides is 1. The second-order valence-electron chi connectivity index (χ2n) is 8.81. The molecule has 0 saturated carbocycles. The van der Waals surface area contributed by atoms with Crippen LogP contribution in [0.1, 0.15) is 33.1 Å². The number of fused-ring (bicyclic) bond motifs is 2. The molecular formula is C30H22Cl2N2O. The number of rotatable bonds is 5. The van der Waals surface area contributed by atoms with E-state index in [1.165, 1.54) is 5.56 Å². The van der Waals surface area contributed by atoms with Gasteiger partial charge >= 0.3 is 0 Å². The molecule has 2 heterocycles. The van der Waals surface area contributed by atoms with Gasteiger partial charge in [-0.05, 0) is 47.9 Å². The van der Waals surface area contributed by atoms with Gasteiger partial charge in [0.1, 0.15) is 0 Å². The van der Waals surface area contributed by atoms with E-state index in [1.54, 1.807) is 6.07 Å². The van der Waals surface area contributed by atoms with Gasteiger partial charge in [0.15, 0.2) is 0 Å². The number of nitrogens with one attached hydrogen (secondary N) is 1. The topological polar surface area (TPSA) is 36.1 Å². The van der Waals surface area contributed by atoms with Gasteiger partial charge in [-0.1, -0.05) is 89.9 Å². The molecular weight excluding hydrogens is 475 g/mol. The van der Waals surface area contributed by atoms with E-state index in [9.17, 15) is 4.79 Å². The molecule has 1 N–H and O–H groups in total. The number of carbonyl (C=O) groups excluding carboxylic acids is 1. The molecule has 0 bridgehead atoms. The van der Waals surface area contributed by atoms with Gasteiger partial charge in [-0.3, -0.25) is 4.79 Å². The number of halogens is 2. The Bertz CT molecular complexity index is 1560. The second-order valence-corrected chi connectivity index (χ2v) is 9.65. The Morgan fingerprint density at radius 3 is 2.37 bits per heavy atom. The highest BCUT2D eigenvalue weighted by molar-refractivity contribution is 6.36. The Hall–Kier alpha value is -3.53. The zero-order valence-electron chi connectivity index (χ0n) is 18.8. The Morgan fingerprint density at radius 2 is 1.54 bits per heavy atom. The van der Waals surface area contributed by atoms with Crippen LogP contribution in [0, 0.1) is 0 Å². The third-order valence-electron chi connectivity index (χ3n) is 6.76. The molecule has 1 aliphatic heterocycles. The van der Waals surface area contributed by atoms with Crippen molar-refractivity contribution in [3.8, 4) is 11.3 Å². The maximum absolute atomic E-state index is 13.7. The summed E-state index contributed by atoms with van der Waals surface area (Å²) in [7, 11) is 0. The van der Waals surface area contributed by atoms with Gasteiger partial charge in [-0.15, -0.1) is 0 Å². The molecule has 1 aliphatic rings. The van der Waals surface area contributed by atoms with Crippen LogP contribution in [-0.2, 0) is 6.42 Å². The summed E-state index contributed by atoms with van der Waals surface area (Å²) in [4.78, 5) is 19.3. The molecule has 0 saturated heterocycles. The summed E-state index contributed by atoms with van der Waals surface area (Å²) in [6.45, 7) is 0.607. The van der Waals surface area contributed by atoms with Crippen molar-refractivity contribution in [2.45, 2.75) is 12.5 Å². The number of para-hydroxylation sites is 1. The fraction of sp³-hybridized carbons (Fsp3) is 0.100. The predicted octanol–water partition coefficient (Wildman–Crippen LogP) is 7.93. The number of nitrogens with zero attached hydrogens (tertiary/aromatic N) is 1. The molecule has 35 heavy (non-hydrogen) atoms. The Balaban J connectivity index is 1.55. The van der Waals surface area contributed by atoms with Crippen molar-refractivity contribution in [1.29, 1.82) is 0 Å². The van der Waals surface area contributed by atoms with E-state index in [0.717, 1.165) is 45.3 Å². The van der Waals surface area contributed by atoms with E-state index in [0.29, 0.717) is 16.6 Å². The van der Waals surface area contributed by atoms with E-state index in [4.69, 9.17) is 23.2 Å². The Kier molecular flexibility index (Phi) is 5.60.